The number of aryl methyl sites for hydroxylation is 2. The van der Waals surface area contributed by atoms with Gasteiger partial charge in [-0.1, -0.05) is 12.1 Å². The van der Waals surface area contributed by atoms with Crippen LogP contribution in [0, 0.1) is 13.8 Å². The number of alkyl halides is 2. The molecule has 9 heteroatoms. The van der Waals surface area contributed by atoms with Gasteiger partial charge >= 0.3 is 6.61 Å². The molecular formula is C22H27F2N3O4. The molecule has 31 heavy (non-hydrogen) atoms. The van der Waals surface area contributed by atoms with E-state index in [2.05, 4.69) is 10.1 Å². The topological polar surface area (TPSA) is 75.0 Å². The first-order chi connectivity index (χ1) is 14.8. The van der Waals surface area contributed by atoms with Crippen molar-refractivity contribution in [2.45, 2.75) is 26.9 Å². The van der Waals surface area contributed by atoms with Crippen molar-refractivity contribution in [1.29, 1.82) is 0 Å². The highest BCUT2D eigenvalue weighted by atomic mass is 19.3. The van der Waals surface area contributed by atoms with Crippen LogP contribution in [0.4, 0.5) is 8.78 Å². The number of hydrogen-bond donors (Lipinski definition) is 1. The number of nitrogens with one attached hydrogen (secondary N) is 1. The molecule has 3 rings (SSSR count). The summed E-state index contributed by atoms with van der Waals surface area (Å²) in [5.74, 6) is 1.33. The Hall–Kier alpha value is -2.94. The van der Waals surface area contributed by atoms with Gasteiger partial charge in [0.25, 0.3) is 5.91 Å². The summed E-state index contributed by atoms with van der Waals surface area (Å²) in [7, 11) is 0. The van der Waals surface area contributed by atoms with Crippen LogP contribution in [0.1, 0.15) is 27.4 Å². The van der Waals surface area contributed by atoms with E-state index in [1.165, 1.54) is 12.1 Å². The normalized spacial score (nSPS) is 14.7. The fraction of sp³-hybridized carbons (Fsp3) is 0.455. The van der Waals surface area contributed by atoms with E-state index < -0.39 is 6.61 Å². The van der Waals surface area contributed by atoms with Crippen molar-refractivity contribution in [3.8, 4) is 5.75 Å². The van der Waals surface area contributed by atoms with Gasteiger partial charge in [-0.3, -0.25) is 14.5 Å². The van der Waals surface area contributed by atoms with Gasteiger partial charge in [-0.15, -0.1) is 0 Å². The maximum atomic E-state index is 12.6. The zero-order valence-electron chi connectivity index (χ0n) is 17.7. The molecule has 168 valence electrons. The van der Waals surface area contributed by atoms with E-state index in [9.17, 15) is 18.4 Å². The lowest BCUT2D eigenvalue weighted by Crippen LogP contribution is -2.51. The van der Waals surface area contributed by atoms with E-state index in [1.807, 2.05) is 11.8 Å². The molecule has 1 aromatic heterocycles. The molecule has 0 bridgehead atoms. The lowest BCUT2D eigenvalue weighted by Gasteiger charge is -2.34. The first kappa shape index (κ1) is 22.7. The number of hydrogen-bond acceptors (Lipinski definition) is 5. The Labute approximate surface area is 179 Å². The number of nitrogens with zero attached hydrogens (tertiary/aromatic N) is 2. The molecule has 0 saturated carbocycles. The zero-order valence-corrected chi connectivity index (χ0v) is 17.7. The molecule has 1 aliphatic rings. The average molecular weight is 435 g/mol. The van der Waals surface area contributed by atoms with Gasteiger partial charge in [0, 0.05) is 32.7 Å². The third-order valence-electron chi connectivity index (χ3n) is 5.18. The van der Waals surface area contributed by atoms with Crippen LogP contribution in [0.2, 0.25) is 0 Å². The van der Waals surface area contributed by atoms with E-state index >= 15 is 0 Å². The van der Waals surface area contributed by atoms with Gasteiger partial charge in [0.15, 0.2) is 0 Å². The van der Waals surface area contributed by atoms with Gasteiger partial charge in [-0.25, -0.2) is 0 Å². The molecule has 0 radical (unpaired) electrons. The summed E-state index contributed by atoms with van der Waals surface area (Å²) < 4.78 is 34.1. The lowest BCUT2D eigenvalue weighted by atomic mass is 10.1. The summed E-state index contributed by atoms with van der Waals surface area (Å²) in [6.45, 7) is 3.85. The predicted octanol–water partition coefficient (Wildman–Crippen LogP) is 2.61. The smallest absolute Gasteiger partial charge is 0.387 e. The minimum absolute atomic E-state index is 0.0385. The third-order valence-corrected chi connectivity index (χ3v) is 5.18. The van der Waals surface area contributed by atoms with Gasteiger partial charge < -0.3 is 19.4 Å². The maximum Gasteiger partial charge on any atom is 0.387 e. The highest BCUT2D eigenvalue weighted by Gasteiger charge is 2.25. The summed E-state index contributed by atoms with van der Waals surface area (Å²) >= 11 is 0. The minimum Gasteiger partial charge on any atom is -0.466 e. The molecule has 0 spiro atoms. The Morgan fingerprint density at radius 2 is 1.81 bits per heavy atom. The average Bonchev–Trinajstić information content (AvgIpc) is 3.07. The van der Waals surface area contributed by atoms with Crippen LogP contribution >= 0.6 is 0 Å². The molecule has 0 unspecified atom stereocenters. The van der Waals surface area contributed by atoms with Crippen LogP contribution in [0.15, 0.2) is 34.7 Å². The van der Waals surface area contributed by atoms with Crippen LogP contribution in [-0.2, 0) is 11.2 Å². The summed E-state index contributed by atoms with van der Waals surface area (Å²) in [6.07, 6.45) is 0.590. The molecule has 1 fully saturated rings. The summed E-state index contributed by atoms with van der Waals surface area (Å²) in [4.78, 5) is 28.6. The molecule has 0 atom stereocenters. The summed E-state index contributed by atoms with van der Waals surface area (Å²) in [6, 6.07) is 8.12. The SMILES string of the molecule is Cc1cc(C(=O)N2CCN(CC(=O)NCCc3ccc(OC(F)F)cc3)CC2)c(C)o1. The fourth-order valence-electron chi connectivity index (χ4n) is 3.57. The first-order valence-corrected chi connectivity index (χ1v) is 10.2. The molecule has 1 saturated heterocycles. The predicted molar refractivity (Wildman–Crippen MR) is 110 cm³/mol. The number of benzene rings is 1. The third kappa shape index (κ3) is 6.52. The van der Waals surface area contributed by atoms with Crippen molar-refractivity contribution < 1.29 is 27.5 Å². The number of rotatable bonds is 8. The summed E-state index contributed by atoms with van der Waals surface area (Å²) in [5.41, 5.74) is 1.51. The molecule has 0 aliphatic carbocycles. The van der Waals surface area contributed by atoms with E-state index in [1.54, 1.807) is 30.0 Å². The maximum absolute atomic E-state index is 12.6. The van der Waals surface area contributed by atoms with Crippen molar-refractivity contribution in [1.82, 2.24) is 15.1 Å². The molecular weight excluding hydrogens is 408 g/mol. The van der Waals surface area contributed by atoms with Crippen LogP contribution in [0.5, 0.6) is 5.75 Å². The molecule has 2 amide bonds. The van der Waals surface area contributed by atoms with Crippen molar-refractivity contribution >= 4 is 11.8 Å². The number of carbonyl (C=O) groups is 2. The van der Waals surface area contributed by atoms with E-state index in [0.717, 1.165) is 5.56 Å². The molecule has 1 aliphatic heterocycles. The molecule has 1 N–H and O–H groups in total. The second-order valence-electron chi connectivity index (χ2n) is 7.52. The van der Waals surface area contributed by atoms with Crippen LogP contribution in [0.25, 0.3) is 0 Å². The van der Waals surface area contributed by atoms with Gasteiger partial charge in [0.1, 0.15) is 17.3 Å². The highest BCUT2D eigenvalue weighted by Crippen LogP contribution is 2.17. The zero-order chi connectivity index (χ0) is 22.4. The Balaban J connectivity index is 1.36. The van der Waals surface area contributed by atoms with Crippen LogP contribution in [-0.4, -0.2) is 67.5 Å². The molecule has 2 aromatic rings. The van der Waals surface area contributed by atoms with Crippen LogP contribution in [0.3, 0.4) is 0 Å². The number of ether oxygens (including phenoxy) is 1. The number of amides is 2. The quantitative estimate of drug-likeness (QED) is 0.690. The second-order valence-corrected chi connectivity index (χ2v) is 7.52. The standard InChI is InChI=1S/C22H27F2N3O4/c1-15-13-19(16(2)30-15)21(29)27-11-9-26(10-12-27)14-20(28)25-8-7-17-3-5-18(6-4-17)31-22(23)24/h3-6,13,22H,7-12,14H2,1-2H3,(H,25,28). The Bertz CT molecular complexity index is 891. The van der Waals surface area contributed by atoms with Gasteiger partial charge in [-0.05, 0) is 44.0 Å². The van der Waals surface area contributed by atoms with Gasteiger partial charge in [-0.2, -0.15) is 8.78 Å². The molecule has 2 heterocycles. The van der Waals surface area contributed by atoms with E-state index in [-0.39, 0.29) is 24.1 Å². The van der Waals surface area contributed by atoms with E-state index in [0.29, 0.717) is 56.2 Å². The molecule has 7 nitrogen and oxygen atoms in total. The second kappa shape index (κ2) is 10.4. The van der Waals surface area contributed by atoms with Crippen molar-refractivity contribution in [3.05, 3.63) is 53.0 Å². The largest absolute Gasteiger partial charge is 0.466 e. The van der Waals surface area contributed by atoms with Gasteiger partial charge in [0.2, 0.25) is 5.91 Å². The van der Waals surface area contributed by atoms with Crippen molar-refractivity contribution in [2.75, 3.05) is 39.3 Å². The summed E-state index contributed by atoms with van der Waals surface area (Å²) in [5, 5.41) is 2.87. The number of carbonyl (C=O) groups excluding carboxylic acids is 2. The van der Waals surface area contributed by atoms with Crippen molar-refractivity contribution in [2.24, 2.45) is 0 Å². The number of halogens is 2. The Morgan fingerprint density at radius 3 is 2.39 bits per heavy atom. The highest BCUT2D eigenvalue weighted by molar-refractivity contribution is 5.95. The van der Waals surface area contributed by atoms with Crippen LogP contribution < -0.4 is 10.1 Å². The fourth-order valence-corrected chi connectivity index (χ4v) is 3.57. The van der Waals surface area contributed by atoms with Crippen molar-refractivity contribution in [3.63, 3.8) is 0 Å². The minimum atomic E-state index is -2.84. The first-order valence-electron chi connectivity index (χ1n) is 10.2. The number of piperazine rings is 1. The Kier molecular flexibility index (Phi) is 7.62. The van der Waals surface area contributed by atoms with E-state index in [4.69, 9.17) is 4.42 Å². The lowest BCUT2D eigenvalue weighted by molar-refractivity contribution is -0.122. The number of furan rings is 1. The molecule has 1 aromatic carbocycles. The monoisotopic (exact) mass is 435 g/mol. The Morgan fingerprint density at radius 1 is 1.13 bits per heavy atom. The van der Waals surface area contributed by atoms with Gasteiger partial charge in [0.05, 0.1) is 12.1 Å².